The molecule has 32 heavy (non-hydrogen) atoms. The van der Waals surface area contributed by atoms with Crippen molar-refractivity contribution in [2.24, 2.45) is 5.73 Å². The Morgan fingerprint density at radius 1 is 1.22 bits per heavy atom. The van der Waals surface area contributed by atoms with Crippen molar-refractivity contribution in [2.75, 3.05) is 19.6 Å². The van der Waals surface area contributed by atoms with Gasteiger partial charge in [-0.15, -0.1) is 0 Å². The maximum Gasteiger partial charge on any atom is 0.300 e. The Kier molecular flexibility index (Phi) is 9.15. The number of carbonyl (C=O) groups is 3. The number of carbonyl (C=O) groups excluding carboxylic acids is 2. The van der Waals surface area contributed by atoms with Crippen molar-refractivity contribution in [1.82, 2.24) is 10.2 Å². The smallest absolute Gasteiger partial charge is 0.300 e. The Bertz CT molecular complexity index is 945. The van der Waals surface area contributed by atoms with E-state index in [1.54, 1.807) is 12.1 Å². The SMILES string of the molecule is CC(=O)O.CCC1C(=O)NCCN1C(=O)c1cc(Oc2ccc(CCN)cc2)ccc1F. The lowest BCUT2D eigenvalue weighted by Crippen LogP contribution is -2.57. The molecule has 2 amide bonds. The standard InChI is InChI=1S/C21H24FN3O3.C2H4O2/c1-2-19-20(26)24-11-12-25(19)21(27)17-13-16(7-8-18(17)22)28-15-5-3-14(4-6-15)9-10-23;1-2(3)4/h3-8,13,19H,2,9-12,23H2,1H3,(H,24,26);1H3,(H,3,4). The molecule has 8 nitrogen and oxygen atoms in total. The van der Waals surface area contributed by atoms with Crippen LogP contribution in [0.5, 0.6) is 11.5 Å². The predicted molar refractivity (Wildman–Crippen MR) is 117 cm³/mol. The molecule has 1 heterocycles. The average molecular weight is 445 g/mol. The van der Waals surface area contributed by atoms with Gasteiger partial charge in [0.1, 0.15) is 23.4 Å². The van der Waals surface area contributed by atoms with E-state index in [0.717, 1.165) is 18.9 Å². The van der Waals surface area contributed by atoms with Gasteiger partial charge in [-0.05, 0) is 55.3 Å². The van der Waals surface area contributed by atoms with Crippen LogP contribution in [-0.2, 0) is 16.0 Å². The number of nitrogens with zero attached hydrogens (tertiary/aromatic N) is 1. The minimum Gasteiger partial charge on any atom is -0.481 e. The predicted octanol–water partition coefficient (Wildman–Crippen LogP) is 2.56. The Morgan fingerprint density at radius 2 is 1.84 bits per heavy atom. The molecule has 1 aliphatic rings. The first-order chi connectivity index (χ1) is 15.3. The molecule has 0 saturated carbocycles. The summed E-state index contributed by atoms with van der Waals surface area (Å²) in [5.41, 5.74) is 6.53. The van der Waals surface area contributed by atoms with Crippen LogP contribution < -0.4 is 15.8 Å². The van der Waals surface area contributed by atoms with Crippen molar-refractivity contribution in [3.63, 3.8) is 0 Å². The molecule has 1 unspecified atom stereocenters. The molecule has 2 aromatic carbocycles. The second-order valence-electron chi connectivity index (χ2n) is 7.16. The Morgan fingerprint density at radius 3 is 2.44 bits per heavy atom. The molecule has 1 saturated heterocycles. The first-order valence-electron chi connectivity index (χ1n) is 10.3. The zero-order valence-electron chi connectivity index (χ0n) is 18.1. The highest BCUT2D eigenvalue weighted by atomic mass is 19.1. The zero-order chi connectivity index (χ0) is 23.7. The molecule has 172 valence electrons. The van der Waals surface area contributed by atoms with Gasteiger partial charge in [-0.2, -0.15) is 0 Å². The monoisotopic (exact) mass is 445 g/mol. The Balaban J connectivity index is 0.000000837. The number of nitrogens with one attached hydrogen (secondary N) is 1. The van der Waals surface area contributed by atoms with Gasteiger partial charge in [0.25, 0.3) is 11.9 Å². The van der Waals surface area contributed by atoms with Crippen LogP contribution in [0, 0.1) is 5.82 Å². The van der Waals surface area contributed by atoms with Crippen LogP contribution in [0.4, 0.5) is 4.39 Å². The number of hydrogen-bond acceptors (Lipinski definition) is 5. The second-order valence-corrected chi connectivity index (χ2v) is 7.16. The number of carboxylic acid groups (broad SMARTS) is 1. The molecule has 0 aromatic heterocycles. The molecule has 0 spiro atoms. The van der Waals surface area contributed by atoms with Crippen LogP contribution in [-0.4, -0.2) is 53.5 Å². The number of nitrogens with two attached hydrogens (primary N) is 1. The summed E-state index contributed by atoms with van der Waals surface area (Å²) in [6.07, 6.45) is 1.24. The number of benzene rings is 2. The zero-order valence-corrected chi connectivity index (χ0v) is 18.1. The second kappa shape index (κ2) is 11.8. The van der Waals surface area contributed by atoms with E-state index in [-0.39, 0.29) is 11.5 Å². The van der Waals surface area contributed by atoms with Crippen molar-refractivity contribution in [2.45, 2.75) is 32.7 Å². The maximum atomic E-state index is 14.4. The van der Waals surface area contributed by atoms with Crippen LogP contribution in [0.2, 0.25) is 0 Å². The highest BCUT2D eigenvalue weighted by Gasteiger charge is 2.33. The molecular weight excluding hydrogens is 417 g/mol. The lowest BCUT2D eigenvalue weighted by atomic mass is 10.1. The van der Waals surface area contributed by atoms with Crippen molar-refractivity contribution < 1.29 is 28.6 Å². The van der Waals surface area contributed by atoms with Gasteiger partial charge in [-0.1, -0.05) is 19.1 Å². The van der Waals surface area contributed by atoms with E-state index in [4.69, 9.17) is 20.4 Å². The van der Waals surface area contributed by atoms with E-state index >= 15 is 0 Å². The first-order valence-corrected chi connectivity index (χ1v) is 10.3. The average Bonchev–Trinajstić information content (AvgIpc) is 2.75. The molecule has 3 rings (SSSR count). The van der Waals surface area contributed by atoms with E-state index in [1.165, 1.54) is 23.1 Å². The number of piperazine rings is 1. The molecule has 4 N–H and O–H groups in total. The summed E-state index contributed by atoms with van der Waals surface area (Å²) in [6, 6.07) is 10.9. The van der Waals surface area contributed by atoms with Crippen LogP contribution in [0.15, 0.2) is 42.5 Å². The van der Waals surface area contributed by atoms with E-state index < -0.39 is 23.7 Å². The Hall–Kier alpha value is -3.46. The minimum absolute atomic E-state index is 0.106. The molecule has 9 heteroatoms. The quantitative estimate of drug-likeness (QED) is 0.628. The molecule has 2 aromatic rings. The fraction of sp³-hybridized carbons (Fsp3) is 0.348. The summed E-state index contributed by atoms with van der Waals surface area (Å²) >= 11 is 0. The van der Waals surface area contributed by atoms with Crippen molar-refractivity contribution in [3.05, 3.63) is 59.4 Å². The van der Waals surface area contributed by atoms with Gasteiger partial charge < -0.3 is 25.8 Å². The molecule has 0 radical (unpaired) electrons. The number of amides is 2. The minimum atomic E-state index is -0.833. The maximum absolute atomic E-state index is 14.4. The lowest BCUT2D eigenvalue weighted by molar-refractivity contribution is -0.134. The largest absolute Gasteiger partial charge is 0.481 e. The molecule has 0 aliphatic carbocycles. The van der Waals surface area contributed by atoms with Crippen molar-refractivity contribution in [1.29, 1.82) is 0 Å². The van der Waals surface area contributed by atoms with Gasteiger partial charge in [0.05, 0.1) is 5.56 Å². The highest BCUT2D eigenvalue weighted by molar-refractivity contribution is 5.98. The van der Waals surface area contributed by atoms with Crippen LogP contribution in [0.1, 0.15) is 36.2 Å². The summed E-state index contributed by atoms with van der Waals surface area (Å²) in [5.74, 6) is -1.27. The molecule has 1 fully saturated rings. The molecule has 0 bridgehead atoms. The van der Waals surface area contributed by atoms with Gasteiger partial charge >= 0.3 is 0 Å². The number of carboxylic acids is 1. The first kappa shape index (κ1) is 24.8. The fourth-order valence-corrected chi connectivity index (χ4v) is 3.28. The Labute approximate surface area is 186 Å². The van der Waals surface area contributed by atoms with E-state index in [1.807, 2.05) is 19.1 Å². The number of aliphatic carboxylic acids is 1. The number of halogens is 1. The van der Waals surface area contributed by atoms with Gasteiger partial charge in [0.2, 0.25) is 5.91 Å². The van der Waals surface area contributed by atoms with E-state index in [2.05, 4.69) is 5.32 Å². The fourth-order valence-electron chi connectivity index (χ4n) is 3.28. The van der Waals surface area contributed by atoms with Gasteiger partial charge in [0.15, 0.2) is 0 Å². The van der Waals surface area contributed by atoms with Crippen molar-refractivity contribution in [3.8, 4) is 11.5 Å². The van der Waals surface area contributed by atoms with Crippen LogP contribution >= 0.6 is 0 Å². The summed E-state index contributed by atoms with van der Waals surface area (Å²) < 4.78 is 20.1. The lowest BCUT2D eigenvalue weighted by Gasteiger charge is -2.34. The van der Waals surface area contributed by atoms with E-state index in [9.17, 15) is 14.0 Å². The van der Waals surface area contributed by atoms with Crippen LogP contribution in [0.25, 0.3) is 0 Å². The third kappa shape index (κ3) is 6.78. The number of hydrogen-bond donors (Lipinski definition) is 3. The van der Waals surface area contributed by atoms with Crippen molar-refractivity contribution >= 4 is 17.8 Å². The number of ether oxygens (including phenoxy) is 1. The van der Waals surface area contributed by atoms with Gasteiger partial charge in [-0.3, -0.25) is 14.4 Å². The molecule has 1 atom stereocenters. The third-order valence-electron chi connectivity index (χ3n) is 4.74. The van der Waals surface area contributed by atoms with E-state index in [0.29, 0.717) is 37.6 Å². The summed E-state index contributed by atoms with van der Waals surface area (Å²) in [4.78, 5) is 35.3. The molecular formula is C23H28FN3O5. The normalized spacial score (nSPS) is 15.3. The number of rotatable bonds is 6. The van der Waals surface area contributed by atoms with Gasteiger partial charge in [-0.25, -0.2) is 4.39 Å². The van der Waals surface area contributed by atoms with Crippen LogP contribution in [0.3, 0.4) is 0 Å². The summed E-state index contributed by atoms with van der Waals surface area (Å²) in [5, 5.41) is 10.1. The highest BCUT2D eigenvalue weighted by Crippen LogP contribution is 2.26. The topological polar surface area (TPSA) is 122 Å². The summed E-state index contributed by atoms with van der Waals surface area (Å²) in [7, 11) is 0. The molecule has 1 aliphatic heterocycles. The third-order valence-corrected chi connectivity index (χ3v) is 4.74. The summed E-state index contributed by atoms with van der Waals surface area (Å²) in [6.45, 7) is 4.17. The van der Waals surface area contributed by atoms with Gasteiger partial charge in [0, 0.05) is 20.0 Å².